The van der Waals surface area contributed by atoms with Crippen LogP contribution in [-0.2, 0) is 4.79 Å². The summed E-state index contributed by atoms with van der Waals surface area (Å²) in [6.45, 7) is 2.66. The highest BCUT2D eigenvalue weighted by Crippen LogP contribution is 2.39. The predicted molar refractivity (Wildman–Crippen MR) is 83.8 cm³/mol. The smallest absolute Gasteiger partial charge is 0.231 e. The number of rotatable bonds is 3. The number of anilines is 1. The number of H-pyrrole nitrogens is 1. The molecule has 21 heavy (non-hydrogen) atoms. The van der Waals surface area contributed by atoms with Gasteiger partial charge in [-0.25, -0.2) is 0 Å². The van der Waals surface area contributed by atoms with Crippen molar-refractivity contribution in [2.75, 3.05) is 11.9 Å². The molecule has 5 heteroatoms. The van der Waals surface area contributed by atoms with Crippen molar-refractivity contribution in [3.8, 4) is 0 Å². The number of nitrogens with one attached hydrogen (secondary N) is 2. The van der Waals surface area contributed by atoms with Gasteiger partial charge in [0, 0.05) is 17.6 Å². The second-order valence-electron chi connectivity index (χ2n) is 6.29. The fraction of sp³-hybridized carbons (Fsp3) is 0.500. The maximum atomic E-state index is 12.7. The van der Waals surface area contributed by atoms with E-state index in [0.29, 0.717) is 12.5 Å². The normalized spacial score (nSPS) is 25.9. The fourth-order valence-corrected chi connectivity index (χ4v) is 3.12. The Hall–Kier alpha value is -1.88. The van der Waals surface area contributed by atoms with Crippen LogP contribution in [0.5, 0.6) is 0 Å². The van der Waals surface area contributed by atoms with Crippen LogP contribution in [0.25, 0.3) is 10.9 Å². The molecule has 0 spiro atoms. The van der Waals surface area contributed by atoms with Gasteiger partial charge in [0.25, 0.3) is 0 Å². The van der Waals surface area contributed by atoms with Crippen LogP contribution in [0.4, 0.5) is 5.69 Å². The number of carbonyl (C=O) groups is 1. The van der Waals surface area contributed by atoms with E-state index in [4.69, 9.17) is 5.73 Å². The fourth-order valence-electron chi connectivity index (χ4n) is 3.12. The summed E-state index contributed by atoms with van der Waals surface area (Å²) < 4.78 is 0. The van der Waals surface area contributed by atoms with Crippen molar-refractivity contribution in [1.29, 1.82) is 0 Å². The Bertz CT molecular complexity index is 641. The molecule has 1 aromatic carbocycles. The van der Waals surface area contributed by atoms with E-state index >= 15 is 0 Å². The zero-order valence-electron chi connectivity index (χ0n) is 12.4. The van der Waals surface area contributed by atoms with Crippen LogP contribution in [0.2, 0.25) is 0 Å². The molecule has 0 saturated heterocycles. The molecule has 0 bridgehead atoms. The van der Waals surface area contributed by atoms with Crippen molar-refractivity contribution in [2.45, 2.75) is 32.6 Å². The maximum Gasteiger partial charge on any atom is 0.231 e. The lowest BCUT2D eigenvalue weighted by molar-refractivity contribution is -0.127. The van der Waals surface area contributed by atoms with Crippen molar-refractivity contribution >= 4 is 22.5 Å². The first-order chi connectivity index (χ1) is 10.1. The van der Waals surface area contributed by atoms with Crippen molar-refractivity contribution in [3.05, 3.63) is 24.4 Å². The number of benzene rings is 1. The Balaban J connectivity index is 1.77. The van der Waals surface area contributed by atoms with Gasteiger partial charge in [0.2, 0.25) is 5.91 Å². The van der Waals surface area contributed by atoms with E-state index in [1.54, 1.807) is 6.20 Å². The number of fused-ring (bicyclic) bond motifs is 1. The van der Waals surface area contributed by atoms with E-state index in [9.17, 15) is 4.79 Å². The highest BCUT2D eigenvalue weighted by molar-refractivity contribution is 5.97. The van der Waals surface area contributed by atoms with Crippen LogP contribution in [0.3, 0.4) is 0 Å². The van der Waals surface area contributed by atoms with E-state index in [1.165, 1.54) is 0 Å². The third kappa shape index (κ3) is 2.65. The second kappa shape index (κ2) is 5.48. The number of hydrogen-bond acceptors (Lipinski definition) is 3. The number of carbonyl (C=O) groups excluding carboxylic acids is 1. The number of aromatic nitrogens is 2. The minimum atomic E-state index is -0.405. The summed E-state index contributed by atoms with van der Waals surface area (Å²) in [6.07, 6.45) is 5.66. The number of nitrogens with zero attached hydrogens (tertiary/aromatic N) is 1. The molecule has 0 aliphatic heterocycles. The summed E-state index contributed by atoms with van der Waals surface area (Å²) in [4.78, 5) is 12.7. The van der Waals surface area contributed by atoms with Gasteiger partial charge in [-0.05, 0) is 49.8 Å². The molecule has 2 aromatic rings. The Morgan fingerprint density at radius 2 is 2.24 bits per heavy atom. The first-order valence-corrected chi connectivity index (χ1v) is 7.58. The molecule has 0 unspecified atom stereocenters. The first-order valence-electron chi connectivity index (χ1n) is 7.58. The number of nitrogens with two attached hydrogens (primary N) is 1. The van der Waals surface area contributed by atoms with Gasteiger partial charge < -0.3 is 11.1 Å². The van der Waals surface area contributed by atoms with E-state index in [2.05, 4.69) is 22.4 Å². The molecule has 4 N–H and O–H groups in total. The molecule has 1 amide bonds. The highest BCUT2D eigenvalue weighted by Gasteiger charge is 2.39. The molecule has 1 aromatic heterocycles. The lowest BCUT2D eigenvalue weighted by Crippen LogP contribution is -2.44. The third-order valence-electron chi connectivity index (χ3n) is 4.80. The second-order valence-corrected chi connectivity index (χ2v) is 6.29. The van der Waals surface area contributed by atoms with E-state index in [-0.39, 0.29) is 5.91 Å². The molecule has 1 aliphatic carbocycles. The SMILES string of the molecule is CC1CCC(CN)(C(=O)Nc2ccc3[nH]ncc3c2)CC1. The van der Waals surface area contributed by atoms with Crippen molar-refractivity contribution in [3.63, 3.8) is 0 Å². The molecule has 1 heterocycles. The molecule has 112 valence electrons. The molecular weight excluding hydrogens is 264 g/mol. The first kappa shape index (κ1) is 14.1. The topological polar surface area (TPSA) is 83.8 Å². The van der Waals surface area contributed by atoms with Crippen LogP contribution in [-0.4, -0.2) is 22.6 Å². The molecule has 0 radical (unpaired) electrons. The molecule has 1 saturated carbocycles. The molecule has 1 aliphatic rings. The summed E-state index contributed by atoms with van der Waals surface area (Å²) in [5.74, 6) is 0.750. The largest absolute Gasteiger partial charge is 0.329 e. The van der Waals surface area contributed by atoms with Crippen molar-refractivity contribution in [1.82, 2.24) is 10.2 Å². The third-order valence-corrected chi connectivity index (χ3v) is 4.80. The zero-order chi connectivity index (χ0) is 14.9. The minimum absolute atomic E-state index is 0.0553. The van der Waals surface area contributed by atoms with Crippen molar-refractivity contribution in [2.24, 2.45) is 17.1 Å². The Morgan fingerprint density at radius 3 is 2.95 bits per heavy atom. The van der Waals surface area contributed by atoms with Gasteiger partial charge in [-0.2, -0.15) is 5.10 Å². The average Bonchev–Trinajstić information content (AvgIpc) is 2.96. The number of hydrogen-bond donors (Lipinski definition) is 3. The molecule has 3 rings (SSSR count). The molecular formula is C16H22N4O. The molecule has 5 nitrogen and oxygen atoms in total. The Morgan fingerprint density at radius 1 is 1.48 bits per heavy atom. The maximum absolute atomic E-state index is 12.7. The minimum Gasteiger partial charge on any atom is -0.329 e. The Kier molecular flexibility index (Phi) is 3.68. The lowest BCUT2D eigenvalue weighted by atomic mass is 9.70. The summed E-state index contributed by atoms with van der Waals surface area (Å²) >= 11 is 0. The van der Waals surface area contributed by atoms with Crippen molar-refractivity contribution < 1.29 is 4.79 Å². The molecule has 0 atom stereocenters. The van der Waals surface area contributed by atoms with Gasteiger partial charge in [-0.1, -0.05) is 6.92 Å². The van der Waals surface area contributed by atoms with Crippen LogP contribution in [0, 0.1) is 11.3 Å². The predicted octanol–water partition coefficient (Wildman–Crippen LogP) is 2.66. The highest BCUT2D eigenvalue weighted by atomic mass is 16.2. The standard InChI is InChI=1S/C16H22N4O/c1-11-4-6-16(10-17,7-5-11)15(21)19-13-2-3-14-12(8-13)9-18-20-14/h2-3,8-9,11H,4-7,10,17H2,1H3,(H,18,20)(H,19,21). The van der Waals surface area contributed by atoms with Gasteiger partial charge in [0.1, 0.15) is 0 Å². The molecule has 1 fully saturated rings. The van der Waals surface area contributed by atoms with E-state index < -0.39 is 5.41 Å². The van der Waals surface area contributed by atoms with Gasteiger partial charge in [-0.3, -0.25) is 9.89 Å². The zero-order valence-corrected chi connectivity index (χ0v) is 12.4. The summed E-state index contributed by atoms with van der Waals surface area (Å²) in [6, 6.07) is 5.76. The van der Waals surface area contributed by atoms with E-state index in [0.717, 1.165) is 42.3 Å². The van der Waals surface area contributed by atoms with Gasteiger partial charge in [0.15, 0.2) is 0 Å². The monoisotopic (exact) mass is 286 g/mol. The lowest BCUT2D eigenvalue weighted by Gasteiger charge is -2.37. The number of amides is 1. The van der Waals surface area contributed by atoms with Crippen LogP contribution < -0.4 is 11.1 Å². The van der Waals surface area contributed by atoms with Crippen LogP contribution >= 0.6 is 0 Å². The quantitative estimate of drug-likeness (QED) is 0.811. The van der Waals surface area contributed by atoms with Crippen LogP contribution in [0.15, 0.2) is 24.4 Å². The van der Waals surface area contributed by atoms with Gasteiger partial charge in [0.05, 0.1) is 17.1 Å². The summed E-state index contributed by atoms with van der Waals surface area (Å²) in [5.41, 5.74) is 7.30. The van der Waals surface area contributed by atoms with Gasteiger partial charge >= 0.3 is 0 Å². The summed E-state index contributed by atoms with van der Waals surface area (Å²) in [5, 5.41) is 10.9. The van der Waals surface area contributed by atoms with Gasteiger partial charge in [-0.15, -0.1) is 0 Å². The summed E-state index contributed by atoms with van der Waals surface area (Å²) in [7, 11) is 0. The Labute approximate surface area is 124 Å². The average molecular weight is 286 g/mol. The van der Waals surface area contributed by atoms with E-state index in [1.807, 2.05) is 18.2 Å². The number of aromatic amines is 1. The van der Waals surface area contributed by atoms with Crippen LogP contribution in [0.1, 0.15) is 32.6 Å².